The summed E-state index contributed by atoms with van der Waals surface area (Å²) in [5, 5.41) is 0.0400. The van der Waals surface area contributed by atoms with Gasteiger partial charge in [-0.3, -0.25) is 9.47 Å². The molecule has 0 amide bonds. The third kappa shape index (κ3) is 3.82. The first-order chi connectivity index (χ1) is 11.9. The molecule has 1 fully saturated rings. The number of nitrogens with one attached hydrogen (secondary N) is 1. The van der Waals surface area contributed by atoms with Crippen molar-refractivity contribution in [3.63, 3.8) is 0 Å². The number of hydrogen-bond acceptors (Lipinski definition) is 7. The Labute approximate surface area is 143 Å². The van der Waals surface area contributed by atoms with Gasteiger partial charge in [0.05, 0.1) is 29.0 Å². The molecule has 2 aromatic rings. The smallest absolute Gasteiger partial charge is 0.379 e. The maximum atomic E-state index is 12.4. The molecule has 9 nitrogen and oxygen atoms in total. The minimum atomic E-state index is -3.77. The first-order valence-electron chi connectivity index (χ1n) is 7.82. The quantitative estimate of drug-likeness (QED) is 0.727. The van der Waals surface area contributed by atoms with Crippen molar-refractivity contribution in [2.24, 2.45) is 7.05 Å². The standard InChI is InChI=1S/C15H19N3O6S/c1-17-13-3-2-11(10-12(13)14(19)24-15(17)20)25(21,22)16-4-5-18-6-8-23-9-7-18/h2-3,10,16H,4-9H2,1H3. The van der Waals surface area contributed by atoms with Crippen molar-refractivity contribution in [1.29, 1.82) is 0 Å². The Morgan fingerprint density at radius 2 is 1.92 bits per heavy atom. The molecule has 0 spiro atoms. The highest BCUT2D eigenvalue weighted by molar-refractivity contribution is 7.89. The van der Waals surface area contributed by atoms with Crippen molar-refractivity contribution in [3.8, 4) is 0 Å². The highest BCUT2D eigenvalue weighted by atomic mass is 32.2. The minimum Gasteiger partial charge on any atom is -0.379 e. The van der Waals surface area contributed by atoms with Crippen LogP contribution in [0.15, 0.2) is 37.1 Å². The van der Waals surface area contributed by atoms with E-state index in [4.69, 9.17) is 4.74 Å². The fraction of sp³-hybridized carbons (Fsp3) is 0.467. The van der Waals surface area contributed by atoms with E-state index in [1.807, 2.05) is 0 Å². The van der Waals surface area contributed by atoms with Gasteiger partial charge in [0.25, 0.3) is 0 Å². The van der Waals surface area contributed by atoms with Gasteiger partial charge in [0, 0.05) is 33.2 Å². The van der Waals surface area contributed by atoms with Crippen LogP contribution in [0.5, 0.6) is 0 Å². The van der Waals surface area contributed by atoms with Gasteiger partial charge >= 0.3 is 11.4 Å². The molecule has 0 atom stereocenters. The van der Waals surface area contributed by atoms with Gasteiger partial charge in [-0.1, -0.05) is 0 Å². The van der Waals surface area contributed by atoms with E-state index in [0.717, 1.165) is 17.7 Å². The van der Waals surface area contributed by atoms with E-state index >= 15 is 0 Å². The van der Waals surface area contributed by atoms with Crippen LogP contribution in [0.25, 0.3) is 10.9 Å². The van der Waals surface area contributed by atoms with Crippen LogP contribution in [0.4, 0.5) is 0 Å². The highest BCUT2D eigenvalue weighted by Gasteiger charge is 2.17. The number of aromatic nitrogens is 1. The van der Waals surface area contributed by atoms with Crippen molar-refractivity contribution in [3.05, 3.63) is 39.2 Å². The number of ether oxygens (including phenoxy) is 1. The first-order valence-corrected chi connectivity index (χ1v) is 9.30. The summed E-state index contributed by atoms with van der Waals surface area (Å²) >= 11 is 0. The molecule has 1 aliphatic rings. The van der Waals surface area contributed by atoms with Crippen LogP contribution in [0.3, 0.4) is 0 Å². The lowest BCUT2D eigenvalue weighted by molar-refractivity contribution is 0.0390. The summed E-state index contributed by atoms with van der Waals surface area (Å²) in [6.45, 7) is 3.66. The van der Waals surface area contributed by atoms with Gasteiger partial charge in [-0.15, -0.1) is 0 Å². The number of morpholine rings is 1. The Bertz CT molecular complexity index is 988. The third-order valence-corrected chi connectivity index (χ3v) is 5.60. The zero-order chi connectivity index (χ0) is 18.0. The normalized spacial score (nSPS) is 16.4. The largest absolute Gasteiger partial charge is 0.422 e. The summed E-state index contributed by atoms with van der Waals surface area (Å²) in [6.07, 6.45) is 0. The summed E-state index contributed by atoms with van der Waals surface area (Å²) in [4.78, 5) is 25.4. The number of hydrogen-bond donors (Lipinski definition) is 1. The Hall–Kier alpha value is -2.01. The Balaban J connectivity index is 1.80. The Kier molecular flexibility index (Phi) is 5.04. The summed E-state index contributed by atoms with van der Waals surface area (Å²) in [5.41, 5.74) is -0.544. The molecule has 0 saturated carbocycles. The fourth-order valence-electron chi connectivity index (χ4n) is 2.69. The molecule has 25 heavy (non-hydrogen) atoms. The highest BCUT2D eigenvalue weighted by Crippen LogP contribution is 2.15. The lowest BCUT2D eigenvalue weighted by Crippen LogP contribution is -2.41. The van der Waals surface area contributed by atoms with Gasteiger partial charge in [-0.25, -0.2) is 22.7 Å². The maximum Gasteiger partial charge on any atom is 0.422 e. The molecule has 0 radical (unpaired) electrons. The predicted molar refractivity (Wildman–Crippen MR) is 90.2 cm³/mol. The average Bonchev–Trinajstić information content (AvgIpc) is 2.60. The number of aryl methyl sites for hydroxylation is 1. The van der Waals surface area contributed by atoms with Gasteiger partial charge in [0.2, 0.25) is 10.0 Å². The number of benzene rings is 1. The number of rotatable bonds is 5. The zero-order valence-electron chi connectivity index (χ0n) is 13.7. The van der Waals surface area contributed by atoms with Crippen LogP contribution in [0.1, 0.15) is 0 Å². The second kappa shape index (κ2) is 7.08. The van der Waals surface area contributed by atoms with Crippen molar-refractivity contribution < 1.29 is 17.6 Å². The Morgan fingerprint density at radius 1 is 1.20 bits per heavy atom. The molecule has 3 rings (SSSR count). The van der Waals surface area contributed by atoms with Gasteiger partial charge in [0.15, 0.2) is 0 Å². The van der Waals surface area contributed by atoms with Gasteiger partial charge in [0.1, 0.15) is 0 Å². The lowest BCUT2D eigenvalue weighted by atomic mass is 10.2. The zero-order valence-corrected chi connectivity index (χ0v) is 14.5. The van der Waals surface area contributed by atoms with E-state index in [1.165, 1.54) is 25.2 Å². The molecule has 0 aliphatic carbocycles. The van der Waals surface area contributed by atoms with E-state index < -0.39 is 21.4 Å². The van der Waals surface area contributed by atoms with Crippen molar-refractivity contribution in [2.45, 2.75) is 4.90 Å². The maximum absolute atomic E-state index is 12.4. The second-order valence-corrected chi connectivity index (χ2v) is 7.51. The third-order valence-electron chi connectivity index (χ3n) is 4.14. The van der Waals surface area contributed by atoms with Gasteiger partial charge in [-0.05, 0) is 18.2 Å². The molecular weight excluding hydrogens is 350 g/mol. The Morgan fingerprint density at radius 3 is 2.64 bits per heavy atom. The molecule has 1 aromatic carbocycles. The summed E-state index contributed by atoms with van der Waals surface area (Å²) < 4.78 is 38.3. The molecule has 0 bridgehead atoms. The lowest BCUT2D eigenvalue weighted by Gasteiger charge is -2.26. The number of sulfonamides is 1. The van der Waals surface area contributed by atoms with Crippen LogP contribution in [-0.2, 0) is 21.8 Å². The molecule has 1 aromatic heterocycles. The van der Waals surface area contributed by atoms with Crippen LogP contribution >= 0.6 is 0 Å². The molecule has 1 saturated heterocycles. The summed E-state index contributed by atoms with van der Waals surface area (Å²) in [6, 6.07) is 4.00. The van der Waals surface area contributed by atoms with E-state index in [0.29, 0.717) is 25.3 Å². The average molecular weight is 369 g/mol. The van der Waals surface area contributed by atoms with E-state index in [-0.39, 0.29) is 16.8 Å². The van der Waals surface area contributed by atoms with Crippen LogP contribution in [-0.4, -0.2) is 57.3 Å². The second-order valence-electron chi connectivity index (χ2n) is 5.75. The van der Waals surface area contributed by atoms with Crippen LogP contribution < -0.4 is 16.1 Å². The predicted octanol–water partition coefficient (Wildman–Crippen LogP) is -0.898. The molecule has 2 heterocycles. The molecule has 1 N–H and O–H groups in total. The van der Waals surface area contributed by atoms with Gasteiger partial charge in [-0.2, -0.15) is 0 Å². The first kappa shape index (κ1) is 17.8. The summed E-state index contributed by atoms with van der Waals surface area (Å²) in [5.74, 6) is -0.795. The topological polar surface area (TPSA) is 111 Å². The molecule has 136 valence electrons. The number of nitrogens with zero attached hydrogens (tertiary/aromatic N) is 2. The molecular formula is C15H19N3O6S. The van der Waals surface area contributed by atoms with Crippen molar-refractivity contribution in [2.75, 3.05) is 39.4 Å². The molecule has 0 unspecified atom stereocenters. The number of fused-ring (bicyclic) bond motifs is 1. The van der Waals surface area contributed by atoms with E-state index in [1.54, 1.807) is 0 Å². The van der Waals surface area contributed by atoms with Gasteiger partial charge < -0.3 is 9.15 Å². The van der Waals surface area contributed by atoms with Crippen molar-refractivity contribution in [1.82, 2.24) is 14.2 Å². The monoisotopic (exact) mass is 369 g/mol. The molecule has 1 aliphatic heterocycles. The summed E-state index contributed by atoms with van der Waals surface area (Å²) in [7, 11) is -2.32. The fourth-order valence-corrected chi connectivity index (χ4v) is 3.73. The van der Waals surface area contributed by atoms with Crippen molar-refractivity contribution >= 4 is 20.9 Å². The van der Waals surface area contributed by atoms with E-state index in [2.05, 4.69) is 14.0 Å². The SMILES string of the molecule is Cn1c(=O)oc(=O)c2cc(S(=O)(=O)NCCN3CCOCC3)ccc21. The molecule has 10 heteroatoms. The van der Waals surface area contributed by atoms with E-state index in [9.17, 15) is 18.0 Å². The minimum absolute atomic E-state index is 0.0400. The van der Waals surface area contributed by atoms with Crippen LogP contribution in [0.2, 0.25) is 0 Å². The van der Waals surface area contributed by atoms with Crippen LogP contribution in [0, 0.1) is 0 Å².